The van der Waals surface area contributed by atoms with Crippen LogP contribution in [0.25, 0.3) is 0 Å². The van der Waals surface area contributed by atoms with Gasteiger partial charge in [0.1, 0.15) is 0 Å². The van der Waals surface area contributed by atoms with Gasteiger partial charge in [0, 0.05) is 30.3 Å². The molecular formula is C24H27NO2. The molecule has 0 aromatic heterocycles. The fraction of sp³-hybridized carbons (Fsp3) is 0.250. The van der Waals surface area contributed by atoms with E-state index in [0.717, 1.165) is 34.6 Å². The Morgan fingerprint density at radius 3 is 1.19 bits per heavy atom. The van der Waals surface area contributed by atoms with Gasteiger partial charge in [-0.05, 0) is 72.4 Å². The van der Waals surface area contributed by atoms with Crippen LogP contribution in [0, 0.1) is 0 Å². The van der Waals surface area contributed by atoms with Gasteiger partial charge in [0.05, 0.1) is 0 Å². The van der Waals surface area contributed by atoms with Crippen molar-refractivity contribution >= 4 is 17.1 Å². The molecule has 0 aliphatic carbocycles. The molecule has 0 spiro atoms. The molecule has 0 fully saturated rings. The second kappa shape index (κ2) is 9.36. The second-order valence-electron chi connectivity index (χ2n) is 6.64. The molecule has 27 heavy (non-hydrogen) atoms. The maximum absolute atomic E-state index is 9.15. The number of aliphatic hydroxyl groups excluding tert-OH is 2. The molecular weight excluding hydrogens is 334 g/mol. The van der Waals surface area contributed by atoms with Crippen LogP contribution >= 0.6 is 0 Å². The summed E-state index contributed by atoms with van der Waals surface area (Å²) in [4.78, 5) is 2.23. The van der Waals surface area contributed by atoms with Gasteiger partial charge in [-0.15, -0.1) is 0 Å². The Hall–Kier alpha value is -2.62. The van der Waals surface area contributed by atoms with Gasteiger partial charge in [-0.25, -0.2) is 0 Å². The average Bonchev–Trinajstić information content (AvgIpc) is 2.72. The zero-order chi connectivity index (χ0) is 19.1. The summed E-state index contributed by atoms with van der Waals surface area (Å²) in [6, 6.07) is 25.3. The van der Waals surface area contributed by atoms with Gasteiger partial charge in [0.25, 0.3) is 0 Å². The van der Waals surface area contributed by atoms with Crippen molar-refractivity contribution in [1.29, 1.82) is 0 Å². The van der Waals surface area contributed by atoms with E-state index in [0.29, 0.717) is 12.8 Å². The molecule has 0 bridgehead atoms. The third-order valence-electron chi connectivity index (χ3n) is 4.79. The summed E-state index contributed by atoms with van der Waals surface area (Å²) < 4.78 is 0. The fourth-order valence-corrected chi connectivity index (χ4v) is 3.21. The minimum absolute atomic E-state index is 0.161. The molecule has 0 unspecified atom stereocenters. The molecule has 2 N–H and O–H groups in total. The summed E-state index contributed by atoms with van der Waals surface area (Å²) in [5, 5.41) is 18.3. The van der Waals surface area contributed by atoms with E-state index in [9.17, 15) is 0 Å². The molecule has 0 saturated heterocycles. The van der Waals surface area contributed by atoms with Crippen molar-refractivity contribution in [3.63, 3.8) is 0 Å². The molecule has 3 heteroatoms. The molecule has 0 amide bonds. The third-order valence-corrected chi connectivity index (χ3v) is 4.79. The van der Waals surface area contributed by atoms with Crippen molar-refractivity contribution in [2.75, 3.05) is 18.1 Å². The highest BCUT2D eigenvalue weighted by molar-refractivity contribution is 5.76. The van der Waals surface area contributed by atoms with Gasteiger partial charge in [-0.1, -0.05) is 43.3 Å². The Bertz CT molecular complexity index is 774. The lowest BCUT2D eigenvalue weighted by atomic mass is 10.1. The van der Waals surface area contributed by atoms with E-state index in [-0.39, 0.29) is 13.2 Å². The van der Waals surface area contributed by atoms with Crippen LogP contribution in [-0.2, 0) is 19.3 Å². The minimum atomic E-state index is 0.161. The van der Waals surface area contributed by atoms with Gasteiger partial charge in [-0.3, -0.25) is 0 Å². The van der Waals surface area contributed by atoms with Gasteiger partial charge in [-0.2, -0.15) is 0 Å². The van der Waals surface area contributed by atoms with E-state index >= 15 is 0 Å². The van der Waals surface area contributed by atoms with Crippen LogP contribution in [0.5, 0.6) is 0 Å². The first-order valence-electron chi connectivity index (χ1n) is 9.54. The van der Waals surface area contributed by atoms with E-state index in [1.807, 2.05) is 0 Å². The first-order chi connectivity index (χ1) is 13.2. The second-order valence-corrected chi connectivity index (χ2v) is 6.64. The molecule has 0 aliphatic heterocycles. The van der Waals surface area contributed by atoms with Crippen LogP contribution in [0.2, 0.25) is 0 Å². The Labute approximate surface area is 161 Å². The molecule has 0 aliphatic rings. The standard InChI is InChI=1S/C24H27NO2/c1-2-19-3-9-22(10-4-19)25(23-11-5-20(6-12-23)15-17-26)24-13-7-21(8-14-24)16-18-27/h3-14,26-27H,2,15-18H2,1H3. The van der Waals surface area contributed by atoms with Crippen LogP contribution in [0.15, 0.2) is 72.8 Å². The topological polar surface area (TPSA) is 43.7 Å². The SMILES string of the molecule is CCc1ccc(N(c2ccc(CCO)cc2)c2ccc(CCO)cc2)cc1. The highest BCUT2D eigenvalue weighted by atomic mass is 16.3. The van der Waals surface area contributed by atoms with Crippen LogP contribution < -0.4 is 4.90 Å². The summed E-state index contributed by atoms with van der Waals surface area (Å²) in [5.74, 6) is 0. The van der Waals surface area contributed by atoms with Crippen LogP contribution in [0.4, 0.5) is 17.1 Å². The van der Waals surface area contributed by atoms with Crippen LogP contribution in [0.3, 0.4) is 0 Å². The van der Waals surface area contributed by atoms with E-state index < -0.39 is 0 Å². The van der Waals surface area contributed by atoms with Crippen LogP contribution in [-0.4, -0.2) is 23.4 Å². The van der Waals surface area contributed by atoms with Crippen molar-refractivity contribution in [2.24, 2.45) is 0 Å². The molecule has 3 rings (SSSR count). The largest absolute Gasteiger partial charge is 0.396 e. The van der Waals surface area contributed by atoms with E-state index in [4.69, 9.17) is 10.2 Å². The predicted octanol–water partition coefficient (Wildman–Crippen LogP) is 4.79. The Kier molecular flexibility index (Phi) is 6.64. The number of nitrogens with zero attached hydrogens (tertiary/aromatic N) is 1. The molecule has 3 nitrogen and oxygen atoms in total. The summed E-state index contributed by atoms with van der Waals surface area (Å²) >= 11 is 0. The molecule has 3 aromatic carbocycles. The highest BCUT2D eigenvalue weighted by Crippen LogP contribution is 2.34. The number of hydrogen-bond donors (Lipinski definition) is 2. The number of anilines is 3. The first kappa shape index (κ1) is 19.2. The summed E-state index contributed by atoms with van der Waals surface area (Å²) in [6.07, 6.45) is 2.36. The van der Waals surface area contributed by atoms with E-state index in [1.54, 1.807) is 0 Å². The lowest BCUT2D eigenvalue weighted by molar-refractivity contribution is 0.299. The third kappa shape index (κ3) is 4.76. The van der Waals surface area contributed by atoms with Gasteiger partial charge in [0.2, 0.25) is 0 Å². The number of rotatable bonds is 8. The normalized spacial score (nSPS) is 10.8. The fourth-order valence-electron chi connectivity index (χ4n) is 3.21. The molecule has 0 saturated carbocycles. The van der Waals surface area contributed by atoms with Gasteiger partial charge < -0.3 is 15.1 Å². The maximum Gasteiger partial charge on any atom is 0.0471 e. The zero-order valence-electron chi connectivity index (χ0n) is 15.8. The van der Waals surface area contributed by atoms with Crippen molar-refractivity contribution < 1.29 is 10.2 Å². The molecule has 3 aromatic rings. The summed E-state index contributed by atoms with van der Waals surface area (Å²) in [5.41, 5.74) is 6.83. The summed E-state index contributed by atoms with van der Waals surface area (Å²) in [6.45, 7) is 2.48. The lowest BCUT2D eigenvalue weighted by Crippen LogP contribution is -2.10. The van der Waals surface area contributed by atoms with Crippen LogP contribution in [0.1, 0.15) is 23.6 Å². The quantitative estimate of drug-likeness (QED) is 0.606. The number of aryl methyl sites for hydroxylation is 1. The van der Waals surface area contributed by atoms with Crippen molar-refractivity contribution in [1.82, 2.24) is 0 Å². The number of aliphatic hydroxyl groups is 2. The smallest absolute Gasteiger partial charge is 0.0471 e. The average molecular weight is 361 g/mol. The zero-order valence-corrected chi connectivity index (χ0v) is 15.8. The molecule has 0 radical (unpaired) electrons. The van der Waals surface area contributed by atoms with Gasteiger partial charge >= 0.3 is 0 Å². The van der Waals surface area contributed by atoms with Gasteiger partial charge in [0.15, 0.2) is 0 Å². The molecule has 0 atom stereocenters. The van der Waals surface area contributed by atoms with Crippen molar-refractivity contribution in [3.8, 4) is 0 Å². The Morgan fingerprint density at radius 1 is 0.556 bits per heavy atom. The monoisotopic (exact) mass is 361 g/mol. The lowest BCUT2D eigenvalue weighted by Gasteiger charge is -2.26. The first-order valence-corrected chi connectivity index (χ1v) is 9.54. The maximum atomic E-state index is 9.15. The predicted molar refractivity (Wildman–Crippen MR) is 112 cm³/mol. The van der Waals surface area contributed by atoms with E-state index in [1.165, 1.54) is 5.56 Å². The summed E-state index contributed by atoms with van der Waals surface area (Å²) in [7, 11) is 0. The number of hydrogen-bond acceptors (Lipinski definition) is 3. The highest BCUT2D eigenvalue weighted by Gasteiger charge is 2.12. The minimum Gasteiger partial charge on any atom is -0.396 e. The number of benzene rings is 3. The Balaban J connectivity index is 1.99. The van der Waals surface area contributed by atoms with E-state index in [2.05, 4.69) is 84.6 Å². The van der Waals surface area contributed by atoms with Crippen molar-refractivity contribution in [3.05, 3.63) is 89.5 Å². The molecule has 140 valence electrons. The molecule has 0 heterocycles. The Morgan fingerprint density at radius 2 is 0.889 bits per heavy atom. The van der Waals surface area contributed by atoms with Crippen molar-refractivity contribution in [2.45, 2.75) is 26.2 Å².